The Morgan fingerprint density at radius 1 is 1.15 bits per heavy atom. The summed E-state index contributed by atoms with van der Waals surface area (Å²) in [4.78, 5) is 24.5. The molecular weight excluding hydrogens is 320 g/mol. The zero-order valence-corrected chi connectivity index (χ0v) is 16.4. The van der Waals surface area contributed by atoms with Gasteiger partial charge in [-0.2, -0.15) is 0 Å². The SMILES string of the molecule is C/C=C\CC1CC2(C)C(=O)CCC2C2CCC3=CC(=O)CCC3=C12.C=C. The second kappa shape index (κ2) is 7.50. The predicted molar refractivity (Wildman–Crippen MR) is 107 cm³/mol. The lowest BCUT2D eigenvalue weighted by Crippen LogP contribution is -2.44. The third kappa shape index (κ3) is 2.98. The Bertz CT molecular complexity index is 693. The number of rotatable bonds is 2. The molecule has 0 heterocycles. The molecule has 0 bridgehead atoms. The van der Waals surface area contributed by atoms with Crippen molar-refractivity contribution in [3.63, 3.8) is 0 Å². The Hall–Kier alpha value is -1.70. The van der Waals surface area contributed by atoms with Crippen LogP contribution in [0.25, 0.3) is 0 Å². The number of carbonyl (C=O) groups is 2. The van der Waals surface area contributed by atoms with E-state index in [-0.39, 0.29) is 5.41 Å². The summed E-state index contributed by atoms with van der Waals surface area (Å²) in [6, 6.07) is 0. The van der Waals surface area contributed by atoms with Gasteiger partial charge < -0.3 is 0 Å². The van der Waals surface area contributed by atoms with Crippen molar-refractivity contribution < 1.29 is 9.59 Å². The van der Waals surface area contributed by atoms with Crippen molar-refractivity contribution in [1.29, 1.82) is 0 Å². The highest BCUT2D eigenvalue weighted by Gasteiger charge is 2.55. The lowest BCUT2D eigenvalue weighted by molar-refractivity contribution is -0.129. The summed E-state index contributed by atoms with van der Waals surface area (Å²) >= 11 is 0. The summed E-state index contributed by atoms with van der Waals surface area (Å²) in [7, 11) is 0. The number of hydrogen-bond donors (Lipinski definition) is 0. The van der Waals surface area contributed by atoms with Crippen LogP contribution in [0.3, 0.4) is 0 Å². The van der Waals surface area contributed by atoms with Crippen LogP contribution < -0.4 is 0 Å². The fourth-order valence-electron chi connectivity index (χ4n) is 6.11. The first-order valence-corrected chi connectivity index (χ1v) is 10.2. The second-order valence-electron chi connectivity index (χ2n) is 8.41. The molecule has 4 aliphatic rings. The van der Waals surface area contributed by atoms with Gasteiger partial charge in [-0.3, -0.25) is 9.59 Å². The van der Waals surface area contributed by atoms with Crippen LogP contribution in [0.5, 0.6) is 0 Å². The molecule has 0 spiro atoms. The molecule has 4 aliphatic carbocycles. The normalized spacial score (nSPS) is 36.1. The Kier molecular flexibility index (Phi) is 5.50. The topological polar surface area (TPSA) is 34.1 Å². The number of hydrogen-bond acceptors (Lipinski definition) is 2. The van der Waals surface area contributed by atoms with E-state index in [4.69, 9.17) is 0 Å². The Labute approximate surface area is 158 Å². The molecule has 26 heavy (non-hydrogen) atoms. The molecule has 0 aromatic rings. The molecule has 0 amide bonds. The van der Waals surface area contributed by atoms with Gasteiger partial charge in [0.05, 0.1) is 0 Å². The third-order valence-corrected chi connectivity index (χ3v) is 7.21. The van der Waals surface area contributed by atoms with Crippen molar-refractivity contribution in [3.8, 4) is 0 Å². The summed E-state index contributed by atoms with van der Waals surface area (Å²) in [6.45, 7) is 10.3. The van der Waals surface area contributed by atoms with Gasteiger partial charge in [0.25, 0.3) is 0 Å². The largest absolute Gasteiger partial charge is 0.299 e. The van der Waals surface area contributed by atoms with Gasteiger partial charge in [-0.1, -0.05) is 24.6 Å². The van der Waals surface area contributed by atoms with Crippen LogP contribution >= 0.6 is 0 Å². The van der Waals surface area contributed by atoms with Crippen LogP contribution in [-0.4, -0.2) is 11.6 Å². The van der Waals surface area contributed by atoms with Crippen molar-refractivity contribution in [2.24, 2.45) is 23.2 Å². The number of Topliss-reactive ketones (excluding diaryl/α,β-unsaturated/α-hetero) is 1. The molecule has 4 rings (SSSR count). The summed E-state index contributed by atoms with van der Waals surface area (Å²) < 4.78 is 0. The predicted octanol–water partition coefficient (Wildman–Crippen LogP) is 5.76. The number of carbonyl (C=O) groups excluding carboxylic acids is 2. The minimum atomic E-state index is -0.104. The van der Waals surface area contributed by atoms with Crippen molar-refractivity contribution in [1.82, 2.24) is 0 Å². The van der Waals surface area contributed by atoms with E-state index < -0.39 is 0 Å². The highest BCUT2D eigenvalue weighted by molar-refractivity contribution is 5.93. The highest BCUT2D eigenvalue weighted by atomic mass is 16.1. The zero-order chi connectivity index (χ0) is 18.9. The van der Waals surface area contributed by atoms with Crippen molar-refractivity contribution in [3.05, 3.63) is 48.1 Å². The molecule has 140 valence electrons. The first-order valence-electron chi connectivity index (χ1n) is 10.2. The lowest BCUT2D eigenvalue weighted by atomic mass is 9.54. The first-order chi connectivity index (χ1) is 12.5. The molecule has 2 saturated carbocycles. The zero-order valence-electron chi connectivity index (χ0n) is 16.4. The van der Waals surface area contributed by atoms with E-state index in [1.54, 1.807) is 5.57 Å². The van der Waals surface area contributed by atoms with E-state index in [1.807, 2.05) is 6.08 Å². The molecular formula is C24H32O2. The Morgan fingerprint density at radius 3 is 2.65 bits per heavy atom. The van der Waals surface area contributed by atoms with Crippen LogP contribution in [0.2, 0.25) is 0 Å². The average Bonchev–Trinajstić information content (AvgIpc) is 2.95. The van der Waals surface area contributed by atoms with Gasteiger partial charge in [0.15, 0.2) is 5.78 Å². The second-order valence-corrected chi connectivity index (χ2v) is 8.41. The average molecular weight is 353 g/mol. The number of fused-ring (bicyclic) bond motifs is 4. The van der Waals surface area contributed by atoms with E-state index in [0.717, 1.165) is 44.9 Å². The molecule has 0 aromatic heterocycles. The van der Waals surface area contributed by atoms with Crippen LogP contribution in [0.4, 0.5) is 0 Å². The third-order valence-electron chi connectivity index (χ3n) is 7.21. The van der Waals surface area contributed by atoms with Gasteiger partial charge in [0, 0.05) is 18.3 Å². The van der Waals surface area contributed by atoms with Crippen molar-refractivity contribution in [2.75, 3.05) is 0 Å². The lowest BCUT2D eigenvalue weighted by Gasteiger charge is -2.50. The maximum absolute atomic E-state index is 12.7. The van der Waals surface area contributed by atoms with E-state index in [0.29, 0.717) is 35.7 Å². The summed E-state index contributed by atoms with van der Waals surface area (Å²) in [5.41, 5.74) is 4.35. The summed E-state index contributed by atoms with van der Waals surface area (Å²) in [5.74, 6) is 2.40. The molecule has 2 fully saturated rings. The summed E-state index contributed by atoms with van der Waals surface area (Å²) in [6.07, 6.45) is 14.0. The van der Waals surface area contributed by atoms with Gasteiger partial charge >= 0.3 is 0 Å². The summed E-state index contributed by atoms with van der Waals surface area (Å²) in [5, 5.41) is 0. The molecule has 0 radical (unpaired) electrons. The molecule has 0 saturated heterocycles. The van der Waals surface area contributed by atoms with Crippen LogP contribution in [0.15, 0.2) is 48.1 Å². The first kappa shape index (κ1) is 19.1. The maximum Gasteiger partial charge on any atom is 0.156 e. The van der Waals surface area contributed by atoms with Gasteiger partial charge in [-0.15, -0.1) is 13.2 Å². The Balaban J connectivity index is 0.000000948. The van der Waals surface area contributed by atoms with E-state index in [9.17, 15) is 9.59 Å². The van der Waals surface area contributed by atoms with Gasteiger partial charge in [0.2, 0.25) is 0 Å². The number of allylic oxidation sites excluding steroid dienone is 6. The fraction of sp³-hybridized carbons (Fsp3) is 0.583. The highest BCUT2D eigenvalue weighted by Crippen LogP contribution is 2.61. The van der Waals surface area contributed by atoms with Gasteiger partial charge in [-0.25, -0.2) is 0 Å². The van der Waals surface area contributed by atoms with Crippen LogP contribution in [0, 0.1) is 23.2 Å². The minimum Gasteiger partial charge on any atom is -0.299 e. The molecule has 4 atom stereocenters. The van der Waals surface area contributed by atoms with Gasteiger partial charge in [0.1, 0.15) is 5.78 Å². The van der Waals surface area contributed by atoms with Gasteiger partial charge in [-0.05, 0) is 80.4 Å². The molecule has 0 aromatic carbocycles. The van der Waals surface area contributed by atoms with E-state index >= 15 is 0 Å². The van der Waals surface area contributed by atoms with E-state index in [1.165, 1.54) is 11.1 Å². The number of ketones is 2. The smallest absolute Gasteiger partial charge is 0.156 e. The maximum atomic E-state index is 12.7. The molecule has 2 heteroatoms. The Morgan fingerprint density at radius 2 is 1.92 bits per heavy atom. The molecule has 4 unspecified atom stereocenters. The van der Waals surface area contributed by atoms with Crippen molar-refractivity contribution >= 4 is 11.6 Å². The monoisotopic (exact) mass is 352 g/mol. The molecule has 0 N–H and O–H groups in total. The molecule has 0 aliphatic heterocycles. The fourth-order valence-corrected chi connectivity index (χ4v) is 6.11. The quantitative estimate of drug-likeness (QED) is 0.592. The minimum absolute atomic E-state index is 0.104. The van der Waals surface area contributed by atoms with Crippen LogP contribution in [-0.2, 0) is 9.59 Å². The van der Waals surface area contributed by atoms with Crippen LogP contribution in [0.1, 0.15) is 65.2 Å². The van der Waals surface area contributed by atoms with E-state index in [2.05, 4.69) is 39.2 Å². The van der Waals surface area contributed by atoms with Crippen molar-refractivity contribution in [2.45, 2.75) is 65.2 Å². The molecule has 2 nitrogen and oxygen atoms in total. The standard InChI is InChI=1S/C22H28O2.C2H4/c1-3-4-5-15-13-22(2)19(10-11-20(22)24)18-8-6-14-12-16(23)7-9-17(14)21(15)18;1-2/h3-4,12,15,18-19H,5-11,13H2,1-2H3;1-2H2/b4-3-;.